The van der Waals surface area contributed by atoms with E-state index in [1.165, 1.54) is 25.0 Å². The quantitative estimate of drug-likeness (QED) is 0.232. The standard InChI is InChI=1S/C16H26N6O5S/c1-9(21-15(26)11(17)5-10-6-18-8-20-10)14(25)22-12(3-4-28-2)16(27)19-7-13(23)24/h6,8-9,11-12H,3-5,7,17H2,1-2H3,(H,18,20)(H,19,27)(H,21,26)(H,22,25)(H,23,24). The van der Waals surface area contributed by atoms with Gasteiger partial charge in [0.2, 0.25) is 17.7 Å². The van der Waals surface area contributed by atoms with Gasteiger partial charge in [0, 0.05) is 18.3 Å². The minimum Gasteiger partial charge on any atom is -0.480 e. The fourth-order valence-electron chi connectivity index (χ4n) is 2.20. The highest BCUT2D eigenvalue weighted by Crippen LogP contribution is 2.02. The molecule has 1 rings (SSSR count). The second kappa shape index (κ2) is 12.0. The second-order valence-electron chi connectivity index (χ2n) is 6.07. The largest absolute Gasteiger partial charge is 0.480 e. The van der Waals surface area contributed by atoms with Gasteiger partial charge in [-0.25, -0.2) is 4.98 Å². The zero-order chi connectivity index (χ0) is 21.1. The number of amides is 3. The van der Waals surface area contributed by atoms with E-state index < -0.39 is 48.4 Å². The second-order valence-corrected chi connectivity index (χ2v) is 7.06. The predicted molar refractivity (Wildman–Crippen MR) is 103 cm³/mol. The van der Waals surface area contributed by atoms with Crippen molar-refractivity contribution in [2.45, 2.75) is 37.9 Å². The van der Waals surface area contributed by atoms with Gasteiger partial charge in [0.15, 0.2) is 0 Å². The van der Waals surface area contributed by atoms with Gasteiger partial charge in [0.25, 0.3) is 0 Å². The highest BCUT2D eigenvalue weighted by molar-refractivity contribution is 7.98. The zero-order valence-electron chi connectivity index (χ0n) is 15.7. The van der Waals surface area contributed by atoms with Crippen molar-refractivity contribution < 1.29 is 24.3 Å². The Morgan fingerprint density at radius 1 is 1.25 bits per heavy atom. The average molecular weight is 414 g/mol. The van der Waals surface area contributed by atoms with Crippen LogP contribution in [0, 0.1) is 0 Å². The summed E-state index contributed by atoms with van der Waals surface area (Å²) in [7, 11) is 0. The Kier molecular flexibility index (Phi) is 10.0. The number of thioether (sulfide) groups is 1. The molecule has 3 unspecified atom stereocenters. The van der Waals surface area contributed by atoms with Gasteiger partial charge < -0.3 is 31.8 Å². The maximum Gasteiger partial charge on any atom is 0.322 e. The number of hydrogen-bond donors (Lipinski definition) is 6. The number of aromatic nitrogens is 2. The van der Waals surface area contributed by atoms with Crippen LogP contribution in [0.1, 0.15) is 19.0 Å². The minimum atomic E-state index is -1.19. The molecule has 0 aliphatic carbocycles. The van der Waals surface area contributed by atoms with Crippen LogP contribution in [-0.4, -0.2) is 75.4 Å². The fraction of sp³-hybridized carbons (Fsp3) is 0.562. The van der Waals surface area contributed by atoms with E-state index in [-0.39, 0.29) is 6.42 Å². The number of carbonyl (C=O) groups is 4. The number of aliphatic carboxylic acids is 1. The first-order valence-corrected chi connectivity index (χ1v) is 9.96. The number of aromatic amines is 1. The Balaban J connectivity index is 2.58. The molecule has 12 heteroatoms. The van der Waals surface area contributed by atoms with E-state index in [1.807, 2.05) is 6.26 Å². The lowest BCUT2D eigenvalue weighted by atomic mass is 10.1. The molecule has 28 heavy (non-hydrogen) atoms. The minimum absolute atomic E-state index is 0.230. The molecule has 0 radical (unpaired) electrons. The molecule has 0 aliphatic rings. The molecular formula is C16H26N6O5S. The fourth-order valence-corrected chi connectivity index (χ4v) is 2.67. The van der Waals surface area contributed by atoms with Gasteiger partial charge in [0.1, 0.15) is 18.6 Å². The topological polar surface area (TPSA) is 179 Å². The van der Waals surface area contributed by atoms with E-state index >= 15 is 0 Å². The lowest BCUT2D eigenvalue weighted by Gasteiger charge is -2.21. The van der Waals surface area contributed by atoms with Crippen LogP contribution in [0.4, 0.5) is 0 Å². The highest BCUT2D eigenvalue weighted by Gasteiger charge is 2.25. The molecule has 0 aliphatic heterocycles. The van der Waals surface area contributed by atoms with Crippen LogP contribution in [0.2, 0.25) is 0 Å². The number of carboxylic acid groups (broad SMARTS) is 1. The molecule has 0 fully saturated rings. The van der Waals surface area contributed by atoms with Gasteiger partial charge in [-0.05, 0) is 25.4 Å². The van der Waals surface area contributed by atoms with Gasteiger partial charge in [-0.15, -0.1) is 0 Å². The number of carboxylic acids is 1. The number of imidazole rings is 1. The van der Waals surface area contributed by atoms with Crippen molar-refractivity contribution in [3.63, 3.8) is 0 Å². The normalized spacial score (nSPS) is 13.8. The Labute approximate surface area is 166 Å². The van der Waals surface area contributed by atoms with Crippen LogP contribution < -0.4 is 21.7 Å². The highest BCUT2D eigenvalue weighted by atomic mass is 32.2. The third kappa shape index (κ3) is 8.39. The lowest BCUT2D eigenvalue weighted by molar-refractivity contribution is -0.138. The van der Waals surface area contributed by atoms with Crippen molar-refractivity contribution in [3.05, 3.63) is 18.2 Å². The molecule has 3 amide bonds. The molecule has 3 atom stereocenters. The first kappa shape index (κ1) is 23.4. The first-order chi connectivity index (χ1) is 13.2. The van der Waals surface area contributed by atoms with Crippen molar-refractivity contribution >= 4 is 35.5 Å². The lowest BCUT2D eigenvalue weighted by Crippen LogP contribution is -2.55. The van der Waals surface area contributed by atoms with E-state index in [0.717, 1.165) is 0 Å². The number of hydrogen-bond acceptors (Lipinski definition) is 7. The van der Waals surface area contributed by atoms with E-state index in [4.69, 9.17) is 10.8 Å². The van der Waals surface area contributed by atoms with Crippen LogP contribution >= 0.6 is 11.8 Å². The van der Waals surface area contributed by atoms with Crippen LogP contribution in [0.15, 0.2) is 12.5 Å². The Hall–Kier alpha value is -2.60. The summed E-state index contributed by atoms with van der Waals surface area (Å²) in [5.41, 5.74) is 6.51. The first-order valence-electron chi connectivity index (χ1n) is 8.56. The molecule has 0 bridgehead atoms. The Morgan fingerprint density at radius 2 is 1.96 bits per heavy atom. The monoisotopic (exact) mass is 414 g/mol. The molecule has 0 saturated carbocycles. The molecule has 1 aromatic rings. The third-order valence-corrected chi connectivity index (χ3v) is 4.38. The van der Waals surface area contributed by atoms with Crippen LogP contribution in [0.3, 0.4) is 0 Å². The molecule has 11 nitrogen and oxygen atoms in total. The summed E-state index contributed by atoms with van der Waals surface area (Å²) >= 11 is 1.48. The maximum atomic E-state index is 12.3. The van der Waals surface area contributed by atoms with Crippen molar-refractivity contribution in [1.82, 2.24) is 25.9 Å². The van der Waals surface area contributed by atoms with Crippen molar-refractivity contribution in [3.8, 4) is 0 Å². The molecule has 7 N–H and O–H groups in total. The number of rotatable bonds is 12. The number of nitrogens with zero attached hydrogens (tertiary/aromatic N) is 1. The van der Waals surface area contributed by atoms with E-state index in [0.29, 0.717) is 17.9 Å². The van der Waals surface area contributed by atoms with Crippen molar-refractivity contribution in [2.24, 2.45) is 5.73 Å². The molecular weight excluding hydrogens is 388 g/mol. The van der Waals surface area contributed by atoms with Gasteiger partial charge in [-0.1, -0.05) is 0 Å². The van der Waals surface area contributed by atoms with Gasteiger partial charge in [0.05, 0.1) is 12.4 Å². The average Bonchev–Trinajstić information content (AvgIpc) is 3.15. The molecule has 156 valence electrons. The third-order valence-electron chi connectivity index (χ3n) is 3.74. The summed E-state index contributed by atoms with van der Waals surface area (Å²) in [6.45, 7) is 0.927. The Morgan fingerprint density at radius 3 is 2.54 bits per heavy atom. The van der Waals surface area contributed by atoms with E-state index in [9.17, 15) is 19.2 Å². The molecule has 0 spiro atoms. The number of H-pyrrole nitrogens is 1. The maximum absolute atomic E-state index is 12.3. The molecule has 1 heterocycles. The summed E-state index contributed by atoms with van der Waals surface area (Å²) in [5, 5.41) is 15.9. The van der Waals surface area contributed by atoms with Crippen LogP contribution in [-0.2, 0) is 25.6 Å². The van der Waals surface area contributed by atoms with E-state index in [1.54, 1.807) is 6.20 Å². The molecule has 1 aromatic heterocycles. The molecule has 0 aromatic carbocycles. The van der Waals surface area contributed by atoms with Crippen LogP contribution in [0.5, 0.6) is 0 Å². The summed E-state index contributed by atoms with van der Waals surface area (Å²) in [4.78, 5) is 53.9. The number of carbonyl (C=O) groups excluding carboxylic acids is 3. The summed E-state index contributed by atoms with van der Waals surface area (Å²) < 4.78 is 0. The zero-order valence-corrected chi connectivity index (χ0v) is 16.5. The summed E-state index contributed by atoms with van der Waals surface area (Å²) in [5.74, 6) is -2.29. The molecule has 0 saturated heterocycles. The van der Waals surface area contributed by atoms with E-state index in [2.05, 4.69) is 25.9 Å². The smallest absolute Gasteiger partial charge is 0.322 e. The number of nitrogens with one attached hydrogen (secondary N) is 4. The van der Waals surface area contributed by atoms with Gasteiger partial charge >= 0.3 is 5.97 Å². The Bertz CT molecular complexity index is 668. The van der Waals surface area contributed by atoms with Gasteiger partial charge in [-0.3, -0.25) is 19.2 Å². The predicted octanol–water partition coefficient (Wildman–Crippen LogP) is -1.78. The number of nitrogens with two attached hydrogens (primary N) is 1. The van der Waals surface area contributed by atoms with Gasteiger partial charge in [-0.2, -0.15) is 11.8 Å². The summed E-state index contributed by atoms with van der Waals surface area (Å²) in [6.07, 6.45) is 5.42. The van der Waals surface area contributed by atoms with Crippen molar-refractivity contribution in [2.75, 3.05) is 18.6 Å². The van der Waals surface area contributed by atoms with Crippen molar-refractivity contribution in [1.29, 1.82) is 0 Å². The SMILES string of the molecule is CSCCC(NC(=O)C(C)NC(=O)C(N)Cc1cnc[nH]1)C(=O)NCC(=O)O. The van der Waals surface area contributed by atoms with Crippen LogP contribution in [0.25, 0.3) is 0 Å². The summed E-state index contributed by atoms with van der Waals surface area (Å²) in [6, 6.07) is -2.71.